The first-order valence-electron chi connectivity index (χ1n) is 8.67. The van der Waals surface area contributed by atoms with Gasteiger partial charge in [-0.2, -0.15) is 15.0 Å². The minimum atomic E-state index is -0.327. The summed E-state index contributed by atoms with van der Waals surface area (Å²) in [5.74, 6) is -0.327. The van der Waals surface area contributed by atoms with Crippen LogP contribution in [-0.4, -0.2) is 35.7 Å². The van der Waals surface area contributed by atoms with Gasteiger partial charge in [0.1, 0.15) is 0 Å². The van der Waals surface area contributed by atoms with Gasteiger partial charge in [0.25, 0.3) is 5.91 Å². The van der Waals surface area contributed by atoms with Crippen LogP contribution in [0.3, 0.4) is 0 Å². The first-order chi connectivity index (χ1) is 13.0. The number of fused-ring (bicyclic) bond motifs is 1. The van der Waals surface area contributed by atoms with Crippen LogP contribution < -0.4 is 5.32 Å². The summed E-state index contributed by atoms with van der Waals surface area (Å²) in [4.78, 5) is 18.5. The van der Waals surface area contributed by atoms with Gasteiger partial charge in [-0.15, -0.1) is 5.10 Å². The van der Waals surface area contributed by atoms with Crippen molar-refractivity contribution in [1.82, 2.24) is 29.8 Å². The second-order valence-corrected chi connectivity index (χ2v) is 6.53. The van der Waals surface area contributed by atoms with Crippen molar-refractivity contribution < 1.29 is 4.79 Å². The minimum absolute atomic E-state index is 0.214. The van der Waals surface area contributed by atoms with Crippen LogP contribution in [0.2, 0.25) is 0 Å². The van der Waals surface area contributed by atoms with E-state index in [1.807, 2.05) is 54.9 Å². The summed E-state index contributed by atoms with van der Waals surface area (Å²) in [5, 5.41) is 16.7. The van der Waals surface area contributed by atoms with Gasteiger partial charge in [-0.05, 0) is 39.0 Å². The molecule has 1 amide bonds. The van der Waals surface area contributed by atoms with E-state index in [0.29, 0.717) is 11.4 Å². The molecule has 0 spiro atoms. The van der Waals surface area contributed by atoms with Crippen LogP contribution in [0.25, 0.3) is 16.7 Å². The first-order valence-corrected chi connectivity index (χ1v) is 8.67. The lowest BCUT2D eigenvalue weighted by molar-refractivity contribution is 0.102. The fourth-order valence-electron chi connectivity index (χ4n) is 2.84. The predicted octanol–water partition coefficient (Wildman–Crippen LogP) is 3.15. The number of carbonyl (C=O) groups is 1. The molecule has 0 radical (unpaired) electrons. The van der Waals surface area contributed by atoms with E-state index in [-0.39, 0.29) is 17.6 Å². The van der Waals surface area contributed by atoms with Gasteiger partial charge in [-0.3, -0.25) is 4.79 Å². The molecule has 4 rings (SSSR count). The minimum Gasteiger partial charge on any atom is -0.319 e. The summed E-state index contributed by atoms with van der Waals surface area (Å²) in [7, 11) is 0. The van der Waals surface area contributed by atoms with Crippen molar-refractivity contribution in [2.24, 2.45) is 0 Å². The van der Waals surface area contributed by atoms with E-state index in [1.165, 1.54) is 4.80 Å². The van der Waals surface area contributed by atoms with Crippen molar-refractivity contribution in [3.8, 4) is 5.69 Å². The maximum Gasteiger partial charge on any atom is 0.278 e. The molecule has 0 fully saturated rings. The number of para-hydroxylation sites is 1. The molecule has 8 heteroatoms. The Bertz CT molecular complexity index is 1110. The summed E-state index contributed by atoms with van der Waals surface area (Å²) in [5.41, 5.74) is 3.00. The molecule has 0 saturated heterocycles. The molecule has 3 aromatic heterocycles. The summed E-state index contributed by atoms with van der Waals surface area (Å²) < 4.78 is 1.84. The average molecular weight is 361 g/mol. The molecular formula is C19H19N7O. The Morgan fingerprint density at radius 2 is 1.89 bits per heavy atom. The Morgan fingerprint density at radius 1 is 1.11 bits per heavy atom. The second-order valence-electron chi connectivity index (χ2n) is 6.53. The van der Waals surface area contributed by atoms with Crippen LogP contribution in [0.1, 0.15) is 36.1 Å². The number of aromatic nitrogens is 6. The van der Waals surface area contributed by atoms with Gasteiger partial charge in [0.15, 0.2) is 11.3 Å². The monoisotopic (exact) mass is 361 g/mol. The molecule has 0 saturated carbocycles. The zero-order chi connectivity index (χ0) is 19.0. The fraction of sp³-hybridized carbons (Fsp3) is 0.211. The highest BCUT2D eigenvalue weighted by Crippen LogP contribution is 2.19. The van der Waals surface area contributed by atoms with Gasteiger partial charge in [-0.25, -0.2) is 9.67 Å². The number of amides is 1. The normalized spacial score (nSPS) is 11.3. The highest BCUT2D eigenvalue weighted by atomic mass is 16.2. The highest BCUT2D eigenvalue weighted by molar-refractivity contribution is 6.04. The van der Waals surface area contributed by atoms with Crippen LogP contribution in [-0.2, 0) is 0 Å². The number of carbonyl (C=O) groups excluding carboxylic acids is 1. The second kappa shape index (κ2) is 6.64. The van der Waals surface area contributed by atoms with E-state index in [1.54, 1.807) is 19.3 Å². The smallest absolute Gasteiger partial charge is 0.278 e. The number of hydrogen-bond acceptors (Lipinski definition) is 5. The maximum absolute atomic E-state index is 12.7. The lowest BCUT2D eigenvalue weighted by Gasteiger charge is -2.07. The predicted molar refractivity (Wildman–Crippen MR) is 102 cm³/mol. The van der Waals surface area contributed by atoms with Crippen molar-refractivity contribution >= 4 is 22.6 Å². The zero-order valence-corrected chi connectivity index (χ0v) is 15.3. The standard InChI is InChI=1S/C19H19N7O/c1-12(2)25-18-14(10-21-25)9-15(11-20-18)22-19(27)17-13(3)23-26(24-17)16-7-5-4-6-8-16/h4-12H,1-3H3,(H,22,27). The van der Waals surface area contributed by atoms with Crippen molar-refractivity contribution in [3.05, 3.63) is 60.2 Å². The maximum atomic E-state index is 12.7. The van der Waals surface area contributed by atoms with Gasteiger partial charge in [0.2, 0.25) is 0 Å². The molecule has 0 bridgehead atoms. The number of benzene rings is 1. The van der Waals surface area contributed by atoms with Crippen molar-refractivity contribution in [2.75, 3.05) is 5.32 Å². The molecule has 1 N–H and O–H groups in total. The number of pyridine rings is 1. The number of nitrogens with one attached hydrogen (secondary N) is 1. The highest BCUT2D eigenvalue weighted by Gasteiger charge is 2.17. The molecule has 0 unspecified atom stereocenters. The van der Waals surface area contributed by atoms with E-state index in [9.17, 15) is 4.79 Å². The molecular weight excluding hydrogens is 342 g/mol. The number of aryl methyl sites for hydroxylation is 1. The number of hydrogen-bond donors (Lipinski definition) is 1. The van der Waals surface area contributed by atoms with Gasteiger partial charge in [-0.1, -0.05) is 18.2 Å². The van der Waals surface area contributed by atoms with Gasteiger partial charge >= 0.3 is 0 Å². The van der Waals surface area contributed by atoms with Crippen LogP contribution in [0.15, 0.2) is 48.8 Å². The summed E-state index contributed by atoms with van der Waals surface area (Å²) >= 11 is 0. The third-order valence-electron chi connectivity index (χ3n) is 4.16. The van der Waals surface area contributed by atoms with Gasteiger partial charge in [0, 0.05) is 11.4 Å². The van der Waals surface area contributed by atoms with E-state index < -0.39 is 0 Å². The van der Waals surface area contributed by atoms with E-state index >= 15 is 0 Å². The molecule has 0 aliphatic carbocycles. The SMILES string of the molecule is Cc1nn(-c2ccccc2)nc1C(=O)Nc1cnc2c(cnn2C(C)C)c1. The molecule has 136 valence electrons. The van der Waals surface area contributed by atoms with Gasteiger partial charge < -0.3 is 5.32 Å². The van der Waals surface area contributed by atoms with Crippen LogP contribution in [0, 0.1) is 6.92 Å². The summed E-state index contributed by atoms with van der Waals surface area (Å²) in [6.07, 6.45) is 3.37. The van der Waals surface area contributed by atoms with Crippen LogP contribution in [0.5, 0.6) is 0 Å². The van der Waals surface area contributed by atoms with Crippen LogP contribution in [0.4, 0.5) is 5.69 Å². The molecule has 3 heterocycles. The Morgan fingerprint density at radius 3 is 2.63 bits per heavy atom. The fourth-order valence-corrected chi connectivity index (χ4v) is 2.84. The lowest BCUT2D eigenvalue weighted by Crippen LogP contribution is -2.14. The Kier molecular flexibility index (Phi) is 4.15. The molecule has 27 heavy (non-hydrogen) atoms. The molecule has 1 aromatic carbocycles. The number of nitrogens with zero attached hydrogens (tertiary/aromatic N) is 6. The first kappa shape index (κ1) is 16.9. The zero-order valence-electron chi connectivity index (χ0n) is 15.3. The third kappa shape index (κ3) is 3.17. The molecule has 4 aromatic rings. The van der Waals surface area contributed by atoms with E-state index in [2.05, 4.69) is 25.6 Å². The van der Waals surface area contributed by atoms with Crippen LogP contribution >= 0.6 is 0 Å². The topological polar surface area (TPSA) is 90.5 Å². The van der Waals surface area contributed by atoms with E-state index in [0.717, 1.165) is 16.7 Å². The quantitative estimate of drug-likeness (QED) is 0.603. The van der Waals surface area contributed by atoms with Crippen molar-refractivity contribution in [2.45, 2.75) is 26.8 Å². The third-order valence-corrected chi connectivity index (χ3v) is 4.16. The Labute approximate surface area is 155 Å². The molecule has 0 aliphatic rings. The molecule has 0 atom stereocenters. The Hall–Kier alpha value is -3.55. The summed E-state index contributed by atoms with van der Waals surface area (Å²) in [6.45, 7) is 5.85. The summed E-state index contributed by atoms with van der Waals surface area (Å²) in [6, 6.07) is 11.5. The van der Waals surface area contributed by atoms with Crippen molar-refractivity contribution in [1.29, 1.82) is 0 Å². The Balaban J connectivity index is 1.59. The lowest BCUT2D eigenvalue weighted by atomic mass is 10.3. The van der Waals surface area contributed by atoms with Crippen molar-refractivity contribution in [3.63, 3.8) is 0 Å². The molecule has 0 aliphatic heterocycles. The van der Waals surface area contributed by atoms with E-state index in [4.69, 9.17) is 0 Å². The van der Waals surface area contributed by atoms with Gasteiger partial charge in [0.05, 0.1) is 29.5 Å². The number of rotatable bonds is 4. The number of anilines is 1. The average Bonchev–Trinajstić information content (AvgIpc) is 3.25. The largest absolute Gasteiger partial charge is 0.319 e. The molecule has 8 nitrogen and oxygen atoms in total.